The van der Waals surface area contributed by atoms with Crippen LogP contribution in [0.5, 0.6) is 0 Å². The Hall–Kier alpha value is -2.41. The molecule has 0 aliphatic heterocycles. The van der Waals surface area contributed by atoms with Gasteiger partial charge >= 0.3 is 0 Å². The van der Waals surface area contributed by atoms with Crippen LogP contribution < -0.4 is 0 Å². The Bertz CT molecular complexity index is 941. The number of tetrazole rings is 1. The van der Waals surface area contributed by atoms with E-state index in [9.17, 15) is 4.79 Å². The first-order chi connectivity index (χ1) is 12.4. The van der Waals surface area contributed by atoms with E-state index < -0.39 is 0 Å². The molecule has 2 aromatic heterocycles. The second kappa shape index (κ2) is 7.45. The van der Waals surface area contributed by atoms with E-state index in [0.29, 0.717) is 10.9 Å². The van der Waals surface area contributed by atoms with E-state index in [2.05, 4.69) is 39.1 Å². The maximum Gasteiger partial charge on any atom is 0.209 e. The Kier molecular flexibility index (Phi) is 5.27. The number of thioether (sulfide) groups is 1. The summed E-state index contributed by atoms with van der Waals surface area (Å²) < 4.78 is 3.87. The highest BCUT2D eigenvalue weighted by Crippen LogP contribution is 2.25. The summed E-state index contributed by atoms with van der Waals surface area (Å²) in [6.07, 6.45) is 0. The van der Waals surface area contributed by atoms with Crippen molar-refractivity contribution < 1.29 is 4.79 Å². The molecule has 0 radical (unpaired) electrons. The van der Waals surface area contributed by atoms with E-state index in [1.165, 1.54) is 17.3 Å². The summed E-state index contributed by atoms with van der Waals surface area (Å²) in [5, 5.41) is 12.4. The second-order valence-corrected chi connectivity index (χ2v) is 7.56. The lowest BCUT2D eigenvalue weighted by Gasteiger charge is -2.12. The molecule has 2 heterocycles. The van der Waals surface area contributed by atoms with Gasteiger partial charge in [-0.3, -0.25) is 4.79 Å². The first-order valence-electron chi connectivity index (χ1n) is 8.59. The largest absolute Gasteiger partial charge is 0.318 e. The summed E-state index contributed by atoms with van der Waals surface area (Å²) >= 11 is 1.38. The minimum absolute atomic E-state index is 0.0845. The lowest BCUT2D eigenvalue weighted by molar-refractivity contribution is 0.102. The molecule has 0 aliphatic carbocycles. The molecule has 0 saturated carbocycles. The van der Waals surface area contributed by atoms with Gasteiger partial charge in [0.15, 0.2) is 5.78 Å². The van der Waals surface area contributed by atoms with Crippen LogP contribution in [0.2, 0.25) is 0 Å². The second-order valence-electron chi connectivity index (χ2n) is 6.62. The first kappa shape index (κ1) is 18.4. The van der Waals surface area contributed by atoms with Gasteiger partial charge < -0.3 is 4.57 Å². The molecule has 3 rings (SSSR count). The van der Waals surface area contributed by atoms with E-state index >= 15 is 0 Å². The van der Waals surface area contributed by atoms with Crippen molar-refractivity contribution in [2.24, 2.45) is 0 Å². The highest BCUT2D eigenvalue weighted by atomic mass is 32.2. The summed E-state index contributed by atoms with van der Waals surface area (Å²) in [6, 6.07) is 10.3. The molecule has 0 spiro atoms. The fourth-order valence-electron chi connectivity index (χ4n) is 3.04. The molecule has 26 heavy (non-hydrogen) atoms. The number of hydrogen-bond donors (Lipinski definition) is 0. The predicted octanol–water partition coefficient (Wildman–Crippen LogP) is 3.94. The number of Topliss-reactive ketones (excluding diaryl/α,β-unsaturated/α-hetero) is 1. The number of aryl methyl sites for hydroxylation is 2. The fourth-order valence-corrected chi connectivity index (χ4v) is 3.93. The predicted molar refractivity (Wildman–Crippen MR) is 103 cm³/mol. The maximum absolute atomic E-state index is 12.8. The van der Waals surface area contributed by atoms with Crippen LogP contribution in [0, 0.1) is 20.8 Å². The molecule has 3 aromatic rings. The molecular formula is C19H23N5OS. The fraction of sp³-hybridized carbons (Fsp3) is 0.368. The molecule has 0 unspecified atom stereocenters. The van der Waals surface area contributed by atoms with Crippen molar-refractivity contribution in [2.45, 2.75) is 45.8 Å². The number of benzene rings is 1. The van der Waals surface area contributed by atoms with Crippen LogP contribution in [0.3, 0.4) is 0 Å². The third-order valence-electron chi connectivity index (χ3n) is 4.37. The normalized spacial score (nSPS) is 11.3. The van der Waals surface area contributed by atoms with Crippen LogP contribution in [0.1, 0.15) is 47.2 Å². The number of rotatable bonds is 6. The summed E-state index contributed by atoms with van der Waals surface area (Å²) in [7, 11) is 0. The summed E-state index contributed by atoms with van der Waals surface area (Å²) in [6.45, 7) is 10.1. The summed E-state index contributed by atoms with van der Waals surface area (Å²) in [5.41, 5.74) is 5.06. The van der Waals surface area contributed by atoms with Gasteiger partial charge in [-0.1, -0.05) is 30.0 Å². The Labute approximate surface area is 157 Å². The highest BCUT2D eigenvalue weighted by Gasteiger charge is 2.19. The van der Waals surface area contributed by atoms with Crippen LogP contribution in [0.25, 0.3) is 5.69 Å². The van der Waals surface area contributed by atoms with E-state index in [1.807, 2.05) is 45.9 Å². The molecule has 0 saturated heterocycles. The number of para-hydroxylation sites is 1. The topological polar surface area (TPSA) is 65.6 Å². The van der Waals surface area contributed by atoms with Crippen LogP contribution in [-0.2, 0) is 0 Å². The Balaban J connectivity index is 1.84. The van der Waals surface area contributed by atoms with Gasteiger partial charge in [-0.2, -0.15) is 0 Å². The van der Waals surface area contributed by atoms with Crippen molar-refractivity contribution in [1.82, 2.24) is 24.8 Å². The molecule has 7 heteroatoms. The van der Waals surface area contributed by atoms with Gasteiger partial charge in [0.2, 0.25) is 5.16 Å². The SMILES string of the molecule is Cc1ccccc1-n1c(C)cc(C(=O)CSc2nnnn2C(C)C)c1C. The monoisotopic (exact) mass is 369 g/mol. The first-order valence-corrected chi connectivity index (χ1v) is 9.57. The molecule has 0 N–H and O–H groups in total. The number of carbonyl (C=O) groups is 1. The Morgan fingerprint density at radius 1 is 1.19 bits per heavy atom. The van der Waals surface area contributed by atoms with E-state index in [1.54, 1.807) is 4.68 Å². The number of carbonyl (C=O) groups excluding carboxylic acids is 1. The van der Waals surface area contributed by atoms with E-state index in [0.717, 1.165) is 22.6 Å². The van der Waals surface area contributed by atoms with Gasteiger partial charge in [-0.25, -0.2) is 4.68 Å². The third-order valence-corrected chi connectivity index (χ3v) is 5.31. The van der Waals surface area contributed by atoms with Gasteiger partial charge in [-0.15, -0.1) is 5.10 Å². The maximum atomic E-state index is 12.8. The summed E-state index contributed by atoms with van der Waals surface area (Å²) in [5.74, 6) is 0.395. The average Bonchev–Trinajstić information content (AvgIpc) is 3.18. The minimum Gasteiger partial charge on any atom is -0.318 e. The number of ketones is 1. The van der Waals surface area contributed by atoms with Crippen molar-refractivity contribution in [3.63, 3.8) is 0 Å². The lowest BCUT2D eigenvalue weighted by atomic mass is 10.1. The number of aromatic nitrogens is 5. The molecule has 0 amide bonds. The highest BCUT2D eigenvalue weighted by molar-refractivity contribution is 7.99. The number of nitrogens with zero attached hydrogens (tertiary/aromatic N) is 5. The van der Waals surface area contributed by atoms with Gasteiger partial charge in [0.25, 0.3) is 0 Å². The zero-order valence-electron chi connectivity index (χ0n) is 15.7. The molecule has 6 nitrogen and oxygen atoms in total. The van der Waals surface area contributed by atoms with Gasteiger partial charge in [0.1, 0.15) is 0 Å². The average molecular weight is 369 g/mol. The van der Waals surface area contributed by atoms with Crippen LogP contribution >= 0.6 is 11.8 Å². The molecule has 0 fully saturated rings. The molecule has 1 aromatic carbocycles. The standard InChI is InChI=1S/C19H23N5OS/c1-12(2)24-19(20-21-22-24)26-11-18(25)16-10-14(4)23(15(16)5)17-9-7-6-8-13(17)3/h6-10,12H,11H2,1-5H3. The minimum atomic E-state index is 0.0845. The van der Waals surface area contributed by atoms with Crippen LogP contribution in [0.4, 0.5) is 0 Å². The molecule has 0 aliphatic rings. The van der Waals surface area contributed by atoms with E-state index in [-0.39, 0.29) is 11.8 Å². The van der Waals surface area contributed by atoms with Crippen molar-refractivity contribution in [2.75, 3.05) is 5.75 Å². The Morgan fingerprint density at radius 3 is 2.62 bits per heavy atom. The smallest absolute Gasteiger partial charge is 0.209 e. The molecule has 0 bridgehead atoms. The zero-order chi connectivity index (χ0) is 18.8. The van der Waals surface area contributed by atoms with Gasteiger partial charge in [0, 0.05) is 22.6 Å². The van der Waals surface area contributed by atoms with Gasteiger partial charge in [0.05, 0.1) is 11.8 Å². The summed E-state index contributed by atoms with van der Waals surface area (Å²) in [4.78, 5) is 12.8. The van der Waals surface area contributed by atoms with Gasteiger partial charge in [-0.05, 0) is 62.7 Å². The van der Waals surface area contributed by atoms with Crippen molar-refractivity contribution in [1.29, 1.82) is 0 Å². The van der Waals surface area contributed by atoms with Crippen LogP contribution in [0.15, 0.2) is 35.5 Å². The van der Waals surface area contributed by atoms with Crippen LogP contribution in [-0.4, -0.2) is 36.3 Å². The molecule has 0 atom stereocenters. The lowest BCUT2D eigenvalue weighted by Crippen LogP contribution is -2.09. The Morgan fingerprint density at radius 2 is 1.92 bits per heavy atom. The zero-order valence-corrected chi connectivity index (χ0v) is 16.5. The van der Waals surface area contributed by atoms with Crippen molar-refractivity contribution >= 4 is 17.5 Å². The third kappa shape index (κ3) is 3.44. The number of hydrogen-bond acceptors (Lipinski definition) is 5. The molecular weight excluding hydrogens is 346 g/mol. The molecule has 136 valence electrons. The quantitative estimate of drug-likeness (QED) is 0.486. The van der Waals surface area contributed by atoms with Crippen molar-refractivity contribution in [3.8, 4) is 5.69 Å². The van der Waals surface area contributed by atoms with E-state index in [4.69, 9.17) is 0 Å². The van der Waals surface area contributed by atoms with Crippen molar-refractivity contribution in [3.05, 3.63) is 52.8 Å².